The van der Waals surface area contributed by atoms with Gasteiger partial charge in [-0.25, -0.2) is 5.10 Å². The summed E-state index contributed by atoms with van der Waals surface area (Å²) in [7, 11) is 2.91. The van der Waals surface area contributed by atoms with E-state index in [4.69, 9.17) is 19.9 Å². The van der Waals surface area contributed by atoms with Crippen molar-refractivity contribution in [3.8, 4) is 11.8 Å². The minimum absolute atomic E-state index is 0.0624. The van der Waals surface area contributed by atoms with Gasteiger partial charge >= 0.3 is 0 Å². The number of benzene rings is 1. The van der Waals surface area contributed by atoms with Crippen molar-refractivity contribution in [2.45, 2.75) is 17.2 Å². The van der Waals surface area contributed by atoms with Crippen LogP contribution in [0.4, 0.5) is 0 Å². The Labute approximate surface area is 155 Å². The molecule has 2 atom stereocenters. The van der Waals surface area contributed by atoms with E-state index in [-0.39, 0.29) is 13.2 Å². The Morgan fingerprint density at radius 3 is 2.59 bits per heavy atom. The summed E-state index contributed by atoms with van der Waals surface area (Å²) >= 11 is 0. The Morgan fingerprint density at radius 1 is 1.33 bits per heavy atom. The molecule has 0 unspecified atom stereocenters. The number of nitrogens with zero attached hydrogens (tertiary/aromatic N) is 2. The van der Waals surface area contributed by atoms with Gasteiger partial charge in [0.2, 0.25) is 0 Å². The summed E-state index contributed by atoms with van der Waals surface area (Å²) in [5, 5.41) is 27.0. The van der Waals surface area contributed by atoms with E-state index in [1.54, 1.807) is 18.2 Å². The first-order valence-electron chi connectivity index (χ1n) is 8.16. The quantitative estimate of drug-likeness (QED) is 0.615. The minimum Gasteiger partial charge on any atom is -0.478 e. The zero-order valence-corrected chi connectivity index (χ0v) is 14.9. The highest BCUT2D eigenvalue weighted by Crippen LogP contribution is 2.48. The van der Waals surface area contributed by atoms with Gasteiger partial charge in [-0.05, 0) is 24.3 Å². The van der Waals surface area contributed by atoms with E-state index in [9.17, 15) is 15.2 Å². The molecule has 1 aliphatic heterocycles. The number of rotatable bonds is 5. The summed E-state index contributed by atoms with van der Waals surface area (Å²) < 4.78 is 16.6. The van der Waals surface area contributed by atoms with E-state index in [1.165, 1.54) is 26.4 Å². The van der Waals surface area contributed by atoms with Gasteiger partial charge in [0.15, 0.2) is 11.3 Å². The smallest absolute Gasteiger partial charge is 0.264 e. The van der Waals surface area contributed by atoms with E-state index in [0.717, 1.165) is 0 Å². The molecule has 1 aliphatic rings. The van der Waals surface area contributed by atoms with Gasteiger partial charge in [0.1, 0.15) is 5.75 Å². The van der Waals surface area contributed by atoms with Gasteiger partial charge in [-0.3, -0.25) is 10.5 Å². The molecule has 0 saturated heterocycles. The lowest BCUT2D eigenvalue weighted by atomic mass is 9.73. The molecule has 0 fully saturated rings. The molecule has 4 N–H and O–H groups in total. The molecule has 9 nitrogen and oxygen atoms in total. The van der Waals surface area contributed by atoms with Crippen LogP contribution in [-0.4, -0.2) is 54.1 Å². The number of hydrogen-bond donors (Lipinski definition) is 3. The summed E-state index contributed by atoms with van der Waals surface area (Å²) in [5.74, 6) is -0.493. The Morgan fingerprint density at radius 2 is 2.04 bits per heavy atom. The molecule has 0 amide bonds. The molecule has 0 aliphatic carbocycles. The summed E-state index contributed by atoms with van der Waals surface area (Å²) in [6.45, 7) is -0.125. The lowest BCUT2D eigenvalue weighted by molar-refractivity contribution is -0.198. The highest BCUT2D eigenvalue weighted by molar-refractivity contribution is 5.51. The molecule has 142 valence electrons. The van der Waals surface area contributed by atoms with Crippen LogP contribution in [-0.2, 0) is 9.47 Å². The molecule has 0 saturated carbocycles. The van der Waals surface area contributed by atoms with Crippen molar-refractivity contribution in [3.63, 3.8) is 0 Å². The number of aromatic amines is 1. The third kappa shape index (κ3) is 3.09. The Bertz CT molecular complexity index is 908. The molecule has 27 heavy (non-hydrogen) atoms. The summed E-state index contributed by atoms with van der Waals surface area (Å²) in [6, 6.07) is 9.61. The van der Waals surface area contributed by atoms with Crippen LogP contribution in [0.1, 0.15) is 22.7 Å². The van der Waals surface area contributed by atoms with Gasteiger partial charge in [-0.1, -0.05) is 0 Å². The number of aromatic nitrogens is 2. The van der Waals surface area contributed by atoms with Gasteiger partial charge in [0, 0.05) is 25.8 Å². The van der Waals surface area contributed by atoms with E-state index in [0.29, 0.717) is 22.6 Å². The van der Waals surface area contributed by atoms with Crippen molar-refractivity contribution >= 4 is 0 Å². The molecule has 0 bridgehead atoms. The molecule has 9 heteroatoms. The van der Waals surface area contributed by atoms with Crippen LogP contribution < -0.4 is 16.0 Å². The highest BCUT2D eigenvalue weighted by Gasteiger charge is 2.60. The number of hydrogen-bond acceptors (Lipinski definition) is 8. The zero-order chi connectivity index (χ0) is 19.7. The predicted molar refractivity (Wildman–Crippen MR) is 94.1 cm³/mol. The molecular formula is C18H20N4O5. The van der Waals surface area contributed by atoms with Crippen LogP contribution in [0.5, 0.6) is 5.75 Å². The van der Waals surface area contributed by atoms with Gasteiger partial charge in [-0.15, -0.1) is 0 Å². The molecule has 2 heterocycles. The molecule has 1 aromatic carbocycles. The number of nitrogens with two attached hydrogens (primary N) is 1. The van der Waals surface area contributed by atoms with E-state index in [2.05, 4.69) is 16.3 Å². The Hall–Kier alpha value is -2.77. The van der Waals surface area contributed by atoms with Crippen LogP contribution in [0.25, 0.3) is 0 Å². The number of methoxy groups -OCH3 is 2. The first kappa shape index (κ1) is 19.0. The average Bonchev–Trinajstić information content (AvgIpc) is 2.64. The number of ether oxygens (including phenoxy) is 3. The maximum absolute atomic E-state index is 11.4. The van der Waals surface area contributed by atoms with Crippen molar-refractivity contribution in [2.24, 2.45) is 5.73 Å². The second-order valence-electron chi connectivity index (χ2n) is 6.43. The van der Waals surface area contributed by atoms with Crippen molar-refractivity contribution in [3.05, 3.63) is 57.5 Å². The minimum atomic E-state index is -2.02. The summed E-state index contributed by atoms with van der Waals surface area (Å²) in [4.78, 5) is 11.4. The number of nitrogens with one attached hydrogen (secondary N) is 1. The molecule has 2 aromatic rings. The van der Waals surface area contributed by atoms with Crippen molar-refractivity contribution in [2.75, 3.05) is 27.4 Å². The predicted octanol–water partition coefficient (Wildman–Crippen LogP) is -0.155. The van der Waals surface area contributed by atoms with Crippen LogP contribution in [0.15, 0.2) is 35.1 Å². The number of H-pyrrole nitrogens is 1. The number of fused-ring (bicyclic) bond motifs is 1. The third-order valence-electron chi connectivity index (χ3n) is 4.68. The van der Waals surface area contributed by atoms with Crippen LogP contribution in [0, 0.1) is 11.3 Å². The van der Waals surface area contributed by atoms with Gasteiger partial charge in [0.25, 0.3) is 5.56 Å². The first-order chi connectivity index (χ1) is 12.9. The lowest BCUT2D eigenvalue weighted by Gasteiger charge is -2.51. The maximum Gasteiger partial charge on any atom is 0.264 e. The molecule has 3 rings (SSSR count). The lowest BCUT2D eigenvalue weighted by Crippen LogP contribution is -2.72. The van der Waals surface area contributed by atoms with Gasteiger partial charge in [0.05, 0.1) is 36.5 Å². The Balaban J connectivity index is 2.28. The largest absolute Gasteiger partial charge is 0.478 e. The third-order valence-corrected chi connectivity index (χ3v) is 4.68. The van der Waals surface area contributed by atoms with Crippen molar-refractivity contribution in [1.82, 2.24) is 10.2 Å². The second-order valence-corrected chi connectivity index (χ2v) is 6.43. The fourth-order valence-corrected chi connectivity index (χ4v) is 3.43. The topological polar surface area (TPSA) is 143 Å². The maximum atomic E-state index is 11.4. The molecule has 0 spiro atoms. The van der Waals surface area contributed by atoms with E-state index in [1.807, 2.05) is 0 Å². The zero-order valence-electron chi connectivity index (χ0n) is 14.9. The van der Waals surface area contributed by atoms with Gasteiger partial charge < -0.3 is 19.3 Å². The average molecular weight is 372 g/mol. The normalized spacial score (nSPS) is 23.1. The standard InChI is InChI=1S/C18H20N4O5/c1-25-9-17(10-26-2)18(20,24)16(13-4-6-15(23)22-21-13)12-7-11(8-19)3-5-14(12)27-17/h3-7,16,24H,9-10,20H2,1-2H3,(H,22,23)/t16-,18+/m1/s1. The Kier molecular flexibility index (Phi) is 4.99. The highest BCUT2D eigenvalue weighted by atomic mass is 16.6. The summed E-state index contributed by atoms with van der Waals surface area (Å²) in [6.07, 6.45) is 0. The van der Waals surface area contributed by atoms with Crippen molar-refractivity contribution < 1.29 is 19.3 Å². The second kappa shape index (κ2) is 7.09. The van der Waals surface area contributed by atoms with E-state index >= 15 is 0 Å². The van der Waals surface area contributed by atoms with Crippen LogP contribution in [0.3, 0.4) is 0 Å². The van der Waals surface area contributed by atoms with Crippen LogP contribution in [0.2, 0.25) is 0 Å². The number of nitriles is 1. The fraction of sp³-hybridized carbons (Fsp3) is 0.389. The number of aliphatic hydroxyl groups is 1. The molecule has 0 radical (unpaired) electrons. The first-order valence-corrected chi connectivity index (χ1v) is 8.16. The van der Waals surface area contributed by atoms with Crippen LogP contribution >= 0.6 is 0 Å². The SMILES string of the molecule is COCC1(COC)Oc2ccc(C#N)cc2[C@H](c2ccc(=O)[nH]n2)[C@]1(N)O. The monoisotopic (exact) mass is 372 g/mol. The van der Waals surface area contributed by atoms with Crippen molar-refractivity contribution in [1.29, 1.82) is 5.26 Å². The van der Waals surface area contributed by atoms with Gasteiger partial charge in [-0.2, -0.15) is 10.4 Å². The molecular weight excluding hydrogens is 352 g/mol. The molecule has 1 aromatic heterocycles. The fourth-order valence-electron chi connectivity index (χ4n) is 3.43. The summed E-state index contributed by atoms with van der Waals surface area (Å²) in [5.41, 5.74) is 3.71. The van der Waals surface area contributed by atoms with E-state index < -0.39 is 22.8 Å².